The summed E-state index contributed by atoms with van der Waals surface area (Å²) < 4.78 is 2.88. The van der Waals surface area contributed by atoms with E-state index in [1.54, 1.807) is 0 Å². The molecule has 2 N–H and O–H groups in total. The Balaban J connectivity index is 1.90. The Labute approximate surface area is 108 Å². The van der Waals surface area contributed by atoms with Crippen molar-refractivity contribution < 1.29 is 0 Å². The van der Waals surface area contributed by atoms with Crippen LogP contribution in [0.4, 0.5) is 0 Å². The van der Waals surface area contributed by atoms with E-state index >= 15 is 0 Å². The second kappa shape index (κ2) is 4.38. The Morgan fingerprint density at radius 3 is 2.82 bits per heavy atom. The van der Waals surface area contributed by atoms with Crippen LogP contribution in [-0.2, 0) is 0 Å². The molecule has 0 aliphatic heterocycles. The average molecular weight is 295 g/mol. The number of halogens is 1. The van der Waals surface area contributed by atoms with Gasteiger partial charge in [0.15, 0.2) is 11.5 Å². The van der Waals surface area contributed by atoms with Gasteiger partial charge in [-0.15, -0.1) is 0 Å². The number of aromatic nitrogens is 3. The van der Waals surface area contributed by atoms with Crippen LogP contribution in [0, 0.1) is 0 Å². The normalized spacial score (nSPS) is 25.3. The average Bonchev–Trinajstić information content (AvgIpc) is 2.72. The van der Waals surface area contributed by atoms with E-state index in [1.165, 1.54) is 0 Å². The lowest BCUT2D eigenvalue weighted by Crippen LogP contribution is -2.26. The summed E-state index contributed by atoms with van der Waals surface area (Å²) in [4.78, 5) is 4.60. The highest BCUT2D eigenvalue weighted by Crippen LogP contribution is 2.30. The predicted octanol–water partition coefficient (Wildman–Crippen LogP) is 2.48. The molecule has 0 radical (unpaired) electrons. The Morgan fingerprint density at radius 1 is 1.29 bits per heavy atom. The quantitative estimate of drug-likeness (QED) is 0.879. The highest BCUT2D eigenvalue weighted by Gasteiger charge is 2.23. The second-order valence-electron chi connectivity index (χ2n) is 4.73. The Bertz CT molecular complexity index is 528. The summed E-state index contributed by atoms with van der Waals surface area (Å²) in [5, 5.41) is 4.55. The summed E-state index contributed by atoms with van der Waals surface area (Å²) in [6, 6.07) is 4.34. The lowest BCUT2D eigenvalue weighted by Gasteiger charge is -2.23. The third kappa shape index (κ3) is 2.21. The lowest BCUT2D eigenvalue weighted by molar-refractivity contribution is 0.385. The van der Waals surface area contributed by atoms with Crippen LogP contribution in [0.15, 0.2) is 22.8 Å². The monoisotopic (exact) mass is 294 g/mol. The number of hydrogen-bond acceptors (Lipinski definition) is 3. The standard InChI is InChI=1S/C12H15BrN4/c13-9-5-6-17-11(7-9)15-12(16-17)8-1-3-10(14)4-2-8/h5-8,10H,1-4,14H2. The third-order valence-electron chi connectivity index (χ3n) is 3.45. The van der Waals surface area contributed by atoms with E-state index in [-0.39, 0.29) is 0 Å². The van der Waals surface area contributed by atoms with Crippen LogP contribution < -0.4 is 5.73 Å². The van der Waals surface area contributed by atoms with Gasteiger partial charge in [0.1, 0.15) is 0 Å². The van der Waals surface area contributed by atoms with Gasteiger partial charge in [-0.05, 0) is 37.8 Å². The van der Waals surface area contributed by atoms with Crippen LogP contribution in [0.2, 0.25) is 0 Å². The zero-order chi connectivity index (χ0) is 11.8. The van der Waals surface area contributed by atoms with Crippen molar-refractivity contribution >= 4 is 21.6 Å². The smallest absolute Gasteiger partial charge is 0.156 e. The highest BCUT2D eigenvalue weighted by atomic mass is 79.9. The predicted molar refractivity (Wildman–Crippen MR) is 69.9 cm³/mol. The van der Waals surface area contributed by atoms with E-state index in [1.807, 2.05) is 22.8 Å². The maximum atomic E-state index is 5.92. The van der Waals surface area contributed by atoms with Crippen LogP contribution in [0.25, 0.3) is 5.65 Å². The van der Waals surface area contributed by atoms with Crippen molar-refractivity contribution in [3.63, 3.8) is 0 Å². The lowest BCUT2D eigenvalue weighted by atomic mass is 9.86. The number of pyridine rings is 1. The van der Waals surface area contributed by atoms with Crippen molar-refractivity contribution in [1.29, 1.82) is 0 Å². The summed E-state index contributed by atoms with van der Waals surface area (Å²) in [5.41, 5.74) is 6.82. The largest absolute Gasteiger partial charge is 0.328 e. The molecule has 4 nitrogen and oxygen atoms in total. The van der Waals surface area contributed by atoms with E-state index in [2.05, 4.69) is 26.0 Å². The number of nitrogens with two attached hydrogens (primary N) is 1. The molecule has 17 heavy (non-hydrogen) atoms. The molecule has 1 fully saturated rings. The van der Waals surface area contributed by atoms with Crippen LogP contribution in [0.5, 0.6) is 0 Å². The van der Waals surface area contributed by atoms with Crippen molar-refractivity contribution in [2.45, 2.75) is 37.6 Å². The van der Waals surface area contributed by atoms with Crippen molar-refractivity contribution in [3.05, 3.63) is 28.6 Å². The fraction of sp³-hybridized carbons (Fsp3) is 0.500. The Hall–Kier alpha value is -0.940. The van der Waals surface area contributed by atoms with Crippen molar-refractivity contribution in [1.82, 2.24) is 14.6 Å². The van der Waals surface area contributed by atoms with E-state index in [9.17, 15) is 0 Å². The maximum Gasteiger partial charge on any atom is 0.156 e. The SMILES string of the molecule is NC1CCC(c2nc3cc(Br)ccn3n2)CC1. The van der Waals surface area contributed by atoms with Gasteiger partial charge in [0.25, 0.3) is 0 Å². The summed E-state index contributed by atoms with van der Waals surface area (Å²) in [5.74, 6) is 1.45. The zero-order valence-corrected chi connectivity index (χ0v) is 11.1. The van der Waals surface area contributed by atoms with Gasteiger partial charge < -0.3 is 5.73 Å². The second-order valence-corrected chi connectivity index (χ2v) is 5.65. The van der Waals surface area contributed by atoms with E-state index in [0.717, 1.165) is 41.6 Å². The van der Waals surface area contributed by atoms with Crippen LogP contribution in [0.3, 0.4) is 0 Å². The molecule has 0 amide bonds. The first-order valence-corrected chi connectivity index (χ1v) is 6.79. The molecule has 1 aliphatic rings. The topological polar surface area (TPSA) is 56.2 Å². The first kappa shape index (κ1) is 11.2. The molecule has 0 atom stereocenters. The van der Waals surface area contributed by atoms with Crippen molar-refractivity contribution in [3.8, 4) is 0 Å². The van der Waals surface area contributed by atoms with Crippen LogP contribution >= 0.6 is 15.9 Å². The molecule has 90 valence electrons. The van der Waals surface area contributed by atoms with E-state index in [0.29, 0.717) is 12.0 Å². The fourth-order valence-electron chi connectivity index (χ4n) is 2.42. The van der Waals surface area contributed by atoms with E-state index in [4.69, 9.17) is 5.73 Å². The molecule has 0 saturated heterocycles. The van der Waals surface area contributed by atoms with Gasteiger partial charge in [0, 0.05) is 22.6 Å². The molecule has 2 aromatic rings. The summed E-state index contributed by atoms with van der Waals surface area (Å²) >= 11 is 3.45. The molecule has 0 spiro atoms. The summed E-state index contributed by atoms with van der Waals surface area (Å²) in [7, 11) is 0. The van der Waals surface area contributed by atoms with Gasteiger partial charge in [0.2, 0.25) is 0 Å². The Kier molecular flexibility index (Phi) is 2.88. The molecule has 1 saturated carbocycles. The minimum atomic E-state index is 0.373. The first-order chi connectivity index (χ1) is 8.22. The maximum absolute atomic E-state index is 5.92. The molecule has 2 heterocycles. The molecule has 0 aromatic carbocycles. The highest BCUT2D eigenvalue weighted by molar-refractivity contribution is 9.10. The molecule has 0 unspecified atom stereocenters. The number of fused-ring (bicyclic) bond motifs is 1. The van der Waals surface area contributed by atoms with Gasteiger partial charge in [0.05, 0.1) is 0 Å². The molecule has 5 heteroatoms. The van der Waals surface area contributed by atoms with Gasteiger partial charge in [-0.2, -0.15) is 5.10 Å². The van der Waals surface area contributed by atoms with Crippen LogP contribution in [-0.4, -0.2) is 20.6 Å². The van der Waals surface area contributed by atoms with Gasteiger partial charge >= 0.3 is 0 Å². The van der Waals surface area contributed by atoms with Gasteiger partial charge in [-0.1, -0.05) is 15.9 Å². The minimum Gasteiger partial charge on any atom is -0.328 e. The Morgan fingerprint density at radius 2 is 2.06 bits per heavy atom. The summed E-state index contributed by atoms with van der Waals surface area (Å²) in [6.45, 7) is 0. The summed E-state index contributed by atoms with van der Waals surface area (Å²) in [6.07, 6.45) is 6.33. The molecule has 3 rings (SSSR count). The molecular formula is C12H15BrN4. The third-order valence-corrected chi connectivity index (χ3v) is 3.95. The fourth-order valence-corrected chi connectivity index (χ4v) is 2.75. The minimum absolute atomic E-state index is 0.373. The number of hydrogen-bond donors (Lipinski definition) is 1. The zero-order valence-electron chi connectivity index (χ0n) is 9.51. The first-order valence-electron chi connectivity index (χ1n) is 6.00. The van der Waals surface area contributed by atoms with Crippen molar-refractivity contribution in [2.24, 2.45) is 5.73 Å². The molecule has 0 bridgehead atoms. The van der Waals surface area contributed by atoms with E-state index < -0.39 is 0 Å². The molecule has 2 aromatic heterocycles. The molecule has 1 aliphatic carbocycles. The molecular weight excluding hydrogens is 280 g/mol. The number of nitrogens with zero attached hydrogens (tertiary/aromatic N) is 3. The van der Waals surface area contributed by atoms with Gasteiger partial charge in [-0.25, -0.2) is 9.50 Å². The van der Waals surface area contributed by atoms with Crippen molar-refractivity contribution in [2.75, 3.05) is 0 Å². The van der Waals surface area contributed by atoms with Gasteiger partial charge in [-0.3, -0.25) is 0 Å². The van der Waals surface area contributed by atoms with Crippen LogP contribution in [0.1, 0.15) is 37.4 Å². The number of rotatable bonds is 1.